The lowest BCUT2D eigenvalue weighted by molar-refractivity contribution is -0.151. The summed E-state index contributed by atoms with van der Waals surface area (Å²) in [7, 11) is 0. The Balaban J connectivity index is 1.53. The van der Waals surface area contributed by atoms with Gasteiger partial charge >= 0.3 is 5.97 Å². The first-order valence-corrected chi connectivity index (χ1v) is 8.90. The van der Waals surface area contributed by atoms with Crippen LogP contribution in [-0.4, -0.2) is 30.9 Å². The van der Waals surface area contributed by atoms with Gasteiger partial charge in [0, 0.05) is 18.7 Å². The maximum Gasteiger partial charge on any atom is 0.311 e. The molecule has 1 aliphatic rings. The van der Waals surface area contributed by atoms with E-state index in [1.165, 1.54) is 0 Å². The number of hydrogen-bond donors (Lipinski definition) is 1. The third-order valence-electron chi connectivity index (χ3n) is 4.27. The van der Waals surface area contributed by atoms with Crippen molar-refractivity contribution in [2.24, 2.45) is 5.92 Å². The Hall–Kier alpha value is -2.86. The van der Waals surface area contributed by atoms with Crippen molar-refractivity contribution in [3.63, 3.8) is 0 Å². The van der Waals surface area contributed by atoms with Crippen LogP contribution in [0.2, 0.25) is 5.02 Å². The number of hydrogen-bond acceptors (Lipinski definition) is 4. The quantitative estimate of drug-likeness (QED) is 0.801. The Kier molecular flexibility index (Phi) is 5.76. The molecule has 0 aromatic heterocycles. The van der Waals surface area contributed by atoms with Gasteiger partial charge in [-0.05, 0) is 36.8 Å². The van der Waals surface area contributed by atoms with Gasteiger partial charge in [-0.15, -0.1) is 0 Å². The first-order valence-electron chi connectivity index (χ1n) is 8.52. The molecule has 1 saturated heterocycles. The zero-order valence-electron chi connectivity index (χ0n) is 14.8. The van der Waals surface area contributed by atoms with E-state index in [1.807, 2.05) is 31.2 Å². The monoisotopic (exact) mass is 386 g/mol. The fourth-order valence-corrected chi connectivity index (χ4v) is 3.10. The molecule has 6 nitrogen and oxygen atoms in total. The fourth-order valence-electron chi connectivity index (χ4n) is 2.91. The fraction of sp³-hybridized carbons (Fsp3) is 0.250. The Morgan fingerprint density at radius 1 is 1.22 bits per heavy atom. The summed E-state index contributed by atoms with van der Waals surface area (Å²) in [6, 6.07) is 14.3. The molecule has 0 spiro atoms. The zero-order valence-corrected chi connectivity index (χ0v) is 15.5. The lowest BCUT2D eigenvalue weighted by atomic mass is 10.1. The molecular formula is C20H19ClN2O4. The molecule has 1 N–H and O–H groups in total. The highest BCUT2D eigenvalue weighted by Gasteiger charge is 2.36. The number of amides is 2. The van der Waals surface area contributed by atoms with Crippen molar-refractivity contribution >= 4 is 40.8 Å². The molecule has 3 rings (SSSR count). The van der Waals surface area contributed by atoms with Gasteiger partial charge in [-0.25, -0.2) is 0 Å². The average Bonchev–Trinajstić information content (AvgIpc) is 3.03. The SMILES string of the molecule is Cc1cccc(N2C[C@H](C(=O)OCC(=O)Nc3ccccc3Cl)CC2=O)c1. The number of esters is 1. The lowest BCUT2D eigenvalue weighted by Gasteiger charge is -2.17. The molecule has 140 valence electrons. The van der Waals surface area contributed by atoms with Crippen LogP contribution in [0.3, 0.4) is 0 Å². The number of aryl methyl sites for hydroxylation is 1. The largest absolute Gasteiger partial charge is 0.455 e. The van der Waals surface area contributed by atoms with E-state index < -0.39 is 24.4 Å². The number of nitrogens with zero attached hydrogens (tertiary/aromatic N) is 1. The van der Waals surface area contributed by atoms with Gasteiger partial charge in [0.15, 0.2) is 6.61 Å². The molecule has 0 aliphatic carbocycles. The summed E-state index contributed by atoms with van der Waals surface area (Å²) in [5.74, 6) is -1.78. The van der Waals surface area contributed by atoms with E-state index in [2.05, 4.69) is 5.32 Å². The topological polar surface area (TPSA) is 75.7 Å². The molecular weight excluding hydrogens is 368 g/mol. The molecule has 1 aliphatic heterocycles. The molecule has 1 fully saturated rings. The van der Waals surface area contributed by atoms with Crippen molar-refractivity contribution in [2.45, 2.75) is 13.3 Å². The smallest absolute Gasteiger partial charge is 0.311 e. The van der Waals surface area contributed by atoms with Gasteiger partial charge in [0.2, 0.25) is 5.91 Å². The highest BCUT2D eigenvalue weighted by molar-refractivity contribution is 6.33. The van der Waals surface area contributed by atoms with Crippen molar-refractivity contribution in [3.05, 3.63) is 59.1 Å². The number of para-hydroxylation sites is 1. The zero-order chi connectivity index (χ0) is 19.4. The summed E-state index contributed by atoms with van der Waals surface area (Å²) in [6.07, 6.45) is 0.0684. The van der Waals surface area contributed by atoms with Gasteiger partial charge in [0.1, 0.15) is 0 Å². The Morgan fingerprint density at radius 2 is 2.00 bits per heavy atom. The Labute approximate surface area is 162 Å². The first kappa shape index (κ1) is 18.9. The summed E-state index contributed by atoms with van der Waals surface area (Å²) in [5.41, 5.74) is 2.23. The molecule has 0 radical (unpaired) electrons. The van der Waals surface area contributed by atoms with E-state index in [-0.39, 0.29) is 18.9 Å². The second-order valence-corrected chi connectivity index (χ2v) is 6.79. The van der Waals surface area contributed by atoms with Crippen molar-refractivity contribution < 1.29 is 19.1 Å². The molecule has 1 heterocycles. The number of nitrogens with one attached hydrogen (secondary N) is 1. The van der Waals surface area contributed by atoms with Crippen LogP contribution in [0.15, 0.2) is 48.5 Å². The van der Waals surface area contributed by atoms with Gasteiger partial charge in [-0.3, -0.25) is 14.4 Å². The van der Waals surface area contributed by atoms with Gasteiger partial charge in [-0.1, -0.05) is 35.9 Å². The minimum Gasteiger partial charge on any atom is -0.455 e. The molecule has 27 heavy (non-hydrogen) atoms. The maximum atomic E-state index is 12.3. The van der Waals surface area contributed by atoms with E-state index >= 15 is 0 Å². The molecule has 2 aromatic carbocycles. The molecule has 2 aromatic rings. The molecule has 0 saturated carbocycles. The minimum atomic E-state index is -0.592. The highest BCUT2D eigenvalue weighted by Crippen LogP contribution is 2.26. The first-order chi connectivity index (χ1) is 12.9. The predicted octanol–water partition coefficient (Wildman–Crippen LogP) is 3.18. The summed E-state index contributed by atoms with van der Waals surface area (Å²) in [6.45, 7) is 1.75. The number of halogens is 1. The van der Waals surface area contributed by atoms with Crippen LogP contribution < -0.4 is 10.2 Å². The third kappa shape index (κ3) is 4.65. The van der Waals surface area contributed by atoms with Gasteiger partial charge in [0.25, 0.3) is 5.91 Å². The number of anilines is 2. The number of carbonyl (C=O) groups excluding carboxylic acids is 3. The van der Waals surface area contributed by atoms with E-state index in [1.54, 1.807) is 29.2 Å². The van der Waals surface area contributed by atoms with Gasteiger partial charge < -0.3 is 15.0 Å². The maximum absolute atomic E-state index is 12.3. The number of benzene rings is 2. The Bertz CT molecular complexity index is 884. The van der Waals surface area contributed by atoms with Crippen LogP contribution in [0.1, 0.15) is 12.0 Å². The summed E-state index contributed by atoms with van der Waals surface area (Å²) >= 11 is 5.97. The van der Waals surface area contributed by atoms with Crippen LogP contribution in [0.5, 0.6) is 0 Å². The summed E-state index contributed by atoms with van der Waals surface area (Å²) in [4.78, 5) is 38.0. The number of carbonyl (C=O) groups is 3. The van der Waals surface area contributed by atoms with E-state index in [0.717, 1.165) is 11.3 Å². The third-order valence-corrected chi connectivity index (χ3v) is 4.59. The standard InChI is InChI=1S/C20H19ClN2O4/c1-13-5-4-6-15(9-13)23-11-14(10-19(23)25)20(26)27-12-18(24)22-17-8-3-2-7-16(17)21/h2-9,14H,10-12H2,1H3,(H,22,24)/t14-/m1/s1. The van der Waals surface area contributed by atoms with Crippen LogP contribution in [0.25, 0.3) is 0 Å². The summed E-state index contributed by atoms with van der Waals surface area (Å²) < 4.78 is 5.08. The van der Waals surface area contributed by atoms with E-state index in [4.69, 9.17) is 16.3 Å². The van der Waals surface area contributed by atoms with Crippen molar-refractivity contribution in [2.75, 3.05) is 23.4 Å². The minimum absolute atomic E-state index is 0.0684. The van der Waals surface area contributed by atoms with Gasteiger partial charge in [0.05, 0.1) is 16.6 Å². The molecule has 0 bridgehead atoms. The second kappa shape index (κ2) is 8.22. The van der Waals surface area contributed by atoms with Crippen LogP contribution in [0, 0.1) is 12.8 Å². The van der Waals surface area contributed by atoms with Crippen LogP contribution >= 0.6 is 11.6 Å². The molecule has 0 unspecified atom stereocenters. The van der Waals surface area contributed by atoms with Gasteiger partial charge in [-0.2, -0.15) is 0 Å². The normalized spacial score (nSPS) is 16.3. The second-order valence-electron chi connectivity index (χ2n) is 6.38. The average molecular weight is 387 g/mol. The molecule has 7 heteroatoms. The van der Waals surface area contributed by atoms with Crippen molar-refractivity contribution in [3.8, 4) is 0 Å². The van der Waals surface area contributed by atoms with Crippen molar-refractivity contribution in [1.82, 2.24) is 0 Å². The predicted molar refractivity (Wildman–Crippen MR) is 103 cm³/mol. The lowest BCUT2D eigenvalue weighted by Crippen LogP contribution is -2.28. The number of rotatable bonds is 5. The van der Waals surface area contributed by atoms with E-state index in [0.29, 0.717) is 10.7 Å². The molecule has 2 amide bonds. The Morgan fingerprint density at radius 3 is 2.74 bits per heavy atom. The van der Waals surface area contributed by atoms with Crippen LogP contribution in [-0.2, 0) is 19.1 Å². The van der Waals surface area contributed by atoms with Crippen LogP contribution in [0.4, 0.5) is 11.4 Å². The summed E-state index contributed by atoms with van der Waals surface area (Å²) in [5, 5.41) is 2.98. The number of ether oxygens (including phenoxy) is 1. The van der Waals surface area contributed by atoms with E-state index in [9.17, 15) is 14.4 Å². The van der Waals surface area contributed by atoms with Crippen molar-refractivity contribution in [1.29, 1.82) is 0 Å². The molecule has 1 atom stereocenters. The highest BCUT2D eigenvalue weighted by atomic mass is 35.5.